The van der Waals surface area contributed by atoms with E-state index >= 15 is 0 Å². The molecule has 4 fully saturated rings. The maximum Gasteiger partial charge on any atom is 0.142 e. The number of aromatic hydroxyl groups is 2. The molecule has 6 aromatic rings. The van der Waals surface area contributed by atoms with Crippen molar-refractivity contribution in [3.8, 4) is 45.6 Å². The van der Waals surface area contributed by atoms with Gasteiger partial charge in [0.05, 0.1) is 16.8 Å². The van der Waals surface area contributed by atoms with Crippen LogP contribution in [0.2, 0.25) is 0 Å². The fraction of sp³-hybridized carbons (Fsp3) is 0.265. The van der Waals surface area contributed by atoms with Crippen molar-refractivity contribution in [2.45, 2.75) is 63.2 Å². The maximum atomic E-state index is 10.2. The van der Waals surface area contributed by atoms with Crippen LogP contribution >= 0.6 is 0 Å². The summed E-state index contributed by atoms with van der Waals surface area (Å²) < 4.78 is 12.4. The molecule has 4 bridgehead atoms. The van der Waals surface area contributed by atoms with E-state index in [0.29, 0.717) is 45.2 Å². The fourth-order valence-corrected chi connectivity index (χ4v) is 12.2. The summed E-state index contributed by atoms with van der Waals surface area (Å²) in [6.45, 7) is 5.12. The number of nitrogens with two attached hydrogens (primary N) is 2. The maximum absolute atomic E-state index is 10.2. The van der Waals surface area contributed by atoms with Crippen LogP contribution in [0.25, 0.3) is 11.1 Å². The Labute approximate surface area is 322 Å². The van der Waals surface area contributed by atoms with Gasteiger partial charge in [-0.1, -0.05) is 80.6 Å². The highest BCUT2D eigenvalue weighted by Gasteiger charge is 2.61. The van der Waals surface area contributed by atoms with Gasteiger partial charge >= 0.3 is 0 Å². The van der Waals surface area contributed by atoms with E-state index in [1.807, 2.05) is 24.3 Å². The third-order valence-corrected chi connectivity index (χ3v) is 13.3. The number of rotatable bonds is 7. The van der Waals surface area contributed by atoms with Crippen LogP contribution in [0.15, 0.2) is 127 Å². The molecular weight excluding hydrogens is 681 g/mol. The summed E-state index contributed by atoms with van der Waals surface area (Å²) in [5, 5.41) is 20.4. The number of phenols is 2. The molecule has 6 aromatic carbocycles. The average molecular weight is 727 g/mol. The van der Waals surface area contributed by atoms with E-state index in [0.717, 1.165) is 17.0 Å². The number of nitrogen functional groups attached to an aromatic ring is 2. The van der Waals surface area contributed by atoms with Gasteiger partial charge in [-0.3, -0.25) is 0 Å². The molecule has 6 N–H and O–H groups in total. The highest BCUT2D eigenvalue weighted by atomic mass is 16.5. The minimum Gasteiger partial charge on any atom is -0.506 e. The van der Waals surface area contributed by atoms with Crippen molar-refractivity contribution in [2.75, 3.05) is 11.5 Å². The van der Waals surface area contributed by atoms with Gasteiger partial charge in [0.1, 0.15) is 34.5 Å². The van der Waals surface area contributed by atoms with Crippen LogP contribution in [0.5, 0.6) is 34.5 Å². The highest BCUT2D eigenvalue weighted by Crippen LogP contribution is 2.70. The zero-order chi connectivity index (χ0) is 37.7. The number of anilines is 2. The first-order valence-corrected chi connectivity index (χ1v) is 19.4. The van der Waals surface area contributed by atoms with E-state index < -0.39 is 5.41 Å². The predicted molar refractivity (Wildman–Crippen MR) is 218 cm³/mol. The molecule has 0 amide bonds. The normalized spacial score (nSPS) is 25.3. The Bertz CT molecular complexity index is 2370. The van der Waals surface area contributed by atoms with Crippen molar-refractivity contribution < 1.29 is 19.7 Å². The highest BCUT2D eigenvalue weighted by molar-refractivity contribution is 5.86. The van der Waals surface area contributed by atoms with Gasteiger partial charge in [-0.05, 0) is 148 Å². The SMILES string of the molecule is CC12CC3CC(C)(C1)CC(c1ccc4c(c1)C(c1ccc(Oc5ccc(N)c(O)c5)cc1)(c1ccc(Oc5ccc(N)c(O)c5)cc1)c1ccccc1-4)(C3)C2. The van der Waals surface area contributed by atoms with E-state index in [1.54, 1.807) is 24.3 Å². The standard InChI is InChI=1S/C49H46N2O4/c1-46-24-30-25-47(2,27-46)29-48(26-30,28-46)33-11-18-39-38-5-3-4-6-40(38)49(41(39)21-33,31-7-12-34(13-8-31)54-36-16-19-42(50)44(52)22-36)32-9-14-35(15-10-32)55-37-17-20-43(51)45(53)23-37/h3-23,30,52-53H,24-29,50-51H2,1-2H3. The summed E-state index contributed by atoms with van der Waals surface area (Å²) in [6.07, 6.45) is 7.84. The molecule has 276 valence electrons. The van der Waals surface area contributed by atoms with Crippen molar-refractivity contribution in [2.24, 2.45) is 16.7 Å². The molecule has 0 saturated heterocycles. The minimum absolute atomic E-state index is 0.00863. The van der Waals surface area contributed by atoms with Gasteiger partial charge in [0.25, 0.3) is 0 Å². The topological polar surface area (TPSA) is 111 Å². The number of hydrogen-bond donors (Lipinski definition) is 4. The lowest BCUT2D eigenvalue weighted by molar-refractivity contribution is -0.110. The molecule has 0 aliphatic heterocycles. The lowest BCUT2D eigenvalue weighted by Crippen LogP contribution is -2.56. The van der Waals surface area contributed by atoms with Gasteiger partial charge < -0.3 is 31.2 Å². The molecule has 2 unspecified atom stereocenters. The average Bonchev–Trinajstić information content (AvgIpc) is 3.44. The zero-order valence-electron chi connectivity index (χ0n) is 31.3. The van der Waals surface area contributed by atoms with E-state index in [2.05, 4.69) is 80.6 Å². The Morgan fingerprint density at radius 2 is 1.00 bits per heavy atom. The van der Waals surface area contributed by atoms with E-state index in [4.69, 9.17) is 20.9 Å². The van der Waals surface area contributed by atoms with Crippen LogP contribution in [0.3, 0.4) is 0 Å². The van der Waals surface area contributed by atoms with Crippen molar-refractivity contribution >= 4 is 11.4 Å². The lowest BCUT2D eigenvalue weighted by Gasteiger charge is -2.65. The first-order valence-electron chi connectivity index (χ1n) is 19.4. The summed E-state index contributed by atoms with van der Waals surface area (Å²) >= 11 is 0. The molecule has 6 heteroatoms. The smallest absolute Gasteiger partial charge is 0.142 e. The van der Waals surface area contributed by atoms with Crippen LogP contribution in [-0.4, -0.2) is 10.2 Å². The molecule has 0 aromatic heterocycles. The van der Waals surface area contributed by atoms with Crippen molar-refractivity contribution in [1.29, 1.82) is 0 Å². The number of ether oxygens (including phenoxy) is 2. The molecule has 6 nitrogen and oxygen atoms in total. The second kappa shape index (κ2) is 11.8. The van der Waals surface area contributed by atoms with Crippen LogP contribution < -0.4 is 20.9 Å². The van der Waals surface area contributed by atoms with Crippen molar-refractivity contribution in [1.82, 2.24) is 0 Å². The van der Waals surface area contributed by atoms with Gasteiger partial charge in [-0.25, -0.2) is 0 Å². The Morgan fingerprint density at radius 3 is 1.53 bits per heavy atom. The molecule has 0 heterocycles. The number of hydrogen-bond acceptors (Lipinski definition) is 6. The summed E-state index contributed by atoms with van der Waals surface area (Å²) in [4.78, 5) is 0. The van der Waals surface area contributed by atoms with Crippen LogP contribution in [-0.2, 0) is 10.8 Å². The number of phenolic OH excluding ortho intramolecular Hbond substituents is 2. The third-order valence-electron chi connectivity index (χ3n) is 13.3. The monoisotopic (exact) mass is 726 g/mol. The molecule has 2 atom stereocenters. The fourth-order valence-electron chi connectivity index (χ4n) is 12.2. The quantitative estimate of drug-likeness (QED) is 0.0961. The number of benzene rings is 6. The van der Waals surface area contributed by atoms with Crippen LogP contribution in [0.1, 0.15) is 80.2 Å². The predicted octanol–water partition coefficient (Wildman–Crippen LogP) is 11.5. The minimum atomic E-state index is -0.631. The molecule has 55 heavy (non-hydrogen) atoms. The van der Waals surface area contributed by atoms with Gasteiger partial charge in [-0.2, -0.15) is 0 Å². The van der Waals surface area contributed by atoms with Gasteiger partial charge in [0, 0.05) is 12.1 Å². The molecule has 11 rings (SSSR count). The molecule has 5 aliphatic rings. The summed E-state index contributed by atoms with van der Waals surface area (Å²) in [7, 11) is 0. The van der Waals surface area contributed by atoms with E-state index in [-0.39, 0.29) is 16.9 Å². The van der Waals surface area contributed by atoms with Gasteiger partial charge in [0.15, 0.2) is 0 Å². The Morgan fingerprint density at radius 1 is 0.509 bits per heavy atom. The molecule has 4 saturated carbocycles. The van der Waals surface area contributed by atoms with E-state index in [9.17, 15) is 10.2 Å². The Hall–Kier alpha value is -5.88. The first kappa shape index (κ1) is 33.7. The summed E-state index contributed by atoms with van der Waals surface area (Å²) in [5.74, 6) is 3.11. The van der Waals surface area contributed by atoms with E-state index in [1.165, 1.54) is 78.5 Å². The second-order valence-electron chi connectivity index (χ2n) is 17.7. The second-order valence-corrected chi connectivity index (χ2v) is 17.7. The summed E-state index contributed by atoms with van der Waals surface area (Å²) in [5.41, 5.74) is 21.4. The zero-order valence-corrected chi connectivity index (χ0v) is 31.3. The lowest BCUT2D eigenvalue weighted by atomic mass is 9.39. The van der Waals surface area contributed by atoms with Crippen molar-refractivity contribution in [3.05, 3.63) is 155 Å². The molecule has 5 aliphatic carbocycles. The Kier molecular flexibility index (Phi) is 7.23. The third kappa shape index (κ3) is 5.29. The first-order chi connectivity index (χ1) is 26.4. The van der Waals surface area contributed by atoms with Crippen LogP contribution in [0.4, 0.5) is 11.4 Å². The van der Waals surface area contributed by atoms with Gasteiger partial charge in [-0.15, -0.1) is 0 Å². The Balaban J connectivity index is 1.13. The van der Waals surface area contributed by atoms with Crippen molar-refractivity contribution in [3.63, 3.8) is 0 Å². The largest absolute Gasteiger partial charge is 0.506 e. The molecule has 0 radical (unpaired) electrons. The molecule has 0 spiro atoms. The number of fused-ring (bicyclic) bond motifs is 3. The molecular formula is C49H46N2O4. The van der Waals surface area contributed by atoms with Crippen LogP contribution in [0, 0.1) is 16.7 Å². The van der Waals surface area contributed by atoms with Gasteiger partial charge in [0.2, 0.25) is 0 Å². The summed E-state index contributed by atoms with van der Waals surface area (Å²) in [6, 6.07) is 43.0.